The Kier molecular flexibility index (Phi) is 3.12. The fraction of sp³-hybridized carbons (Fsp3) is 0.600. The molecule has 1 aliphatic rings. The third kappa shape index (κ3) is 1.64. The van der Waals surface area contributed by atoms with Crippen molar-refractivity contribution in [1.29, 1.82) is 0 Å². The lowest BCUT2D eigenvalue weighted by molar-refractivity contribution is 1.03. The van der Waals surface area contributed by atoms with Crippen molar-refractivity contribution >= 4 is 9.52 Å². The summed E-state index contributed by atoms with van der Waals surface area (Å²) in [6.45, 7) is 6.95. The van der Waals surface area contributed by atoms with E-state index in [1.54, 1.807) is 11.1 Å². The van der Waals surface area contributed by atoms with Crippen LogP contribution in [-0.4, -0.2) is 9.52 Å². The monoisotopic (exact) mass is 166 g/mol. The molecule has 0 bridgehead atoms. The van der Waals surface area contributed by atoms with E-state index < -0.39 is 0 Å². The van der Waals surface area contributed by atoms with Gasteiger partial charge in [0.2, 0.25) is 0 Å². The second kappa shape index (κ2) is 3.91. The second-order valence-electron chi connectivity index (χ2n) is 3.08. The molecule has 0 aromatic heterocycles. The fourth-order valence-corrected chi connectivity index (χ4v) is 3.25. The second-order valence-corrected chi connectivity index (χ2v) is 4.64. The van der Waals surface area contributed by atoms with Crippen LogP contribution >= 0.6 is 0 Å². The molecule has 1 heteroatoms. The largest absolute Gasteiger partial charge is 0.0811 e. The van der Waals surface area contributed by atoms with Crippen LogP contribution < -0.4 is 0 Å². The van der Waals surface area contributed by atoms with Gasteiger partial charge in [-0.05, 0) is 24.8 Å². The van der Waals surface area contributed by atoms with Crippen molar-refractivity contribution in [2.75, 3.05) is 0 Å². The number of allylic oxidation sites excluding steroid dienone is 4. The predicted octanol–water partition coefficient (Wildman–Crippen LogP) is 2.61. The molecule has 1 aliphatic carbocycles. The van der Waals surface area contributed by atoms with Crippen LogP contribution in [0.5, 0.6) is 0 Å². The van der Waals surface area contributed by atoms with E-state index in [1.165, 1.54) is 19.3 Å². The van der Waals surface area contributed by atoms with Crippen molar-refractivity contribution in [3.63, 3.8) is 0 Å². The summed E-state index contributed by atoms with van der Waals surface area (Å²) in [5.74, 6) is 0. The molecule has 1 rings (SSSR count). The van der Waals surface area contributed by atoms with E-state index in [4.69, 9.17) is 0 Å². The van der Waals surface area contributed by atoms with Crippen molar-refractivity contribution in [2.45, 2.75) is 39.7 Å². The highest BCUT2D eigenvalue weighted by molar-refractivity contribution is 6.44. The maximum atomic E-state index is 2.44. The van der Waals surface area contributed by atoms with Gasteiger partial charge in [-0.2, -0.15) is 0 Å². The summed E-state index contributed by atoms with van der Waals surface area (Å²) < 4.78 is 0. The molecule has 0 aromatic carbocycles. The summed E-state index contributed by atoms with van der Waals surface area (Å²) >= 11 is 0. The zero-order valence-electron chi connectivity index (χ0n) is 7.91. The predicted molar refractivity (Wildman–Crippen MR) is 54.7 cm³/mol. The molecule has 0 saturated heterocycles. The molecule has 0 nitrogen and oxygen atoms in total. The molecular weight excluding hydrogens is 148 g/mol. The summed E-state index contributed by atoms with van der Waals surface area (Å²) in [5, 5.41) is 1.81. The quantitative estimate of drug-likeness (QED) is 0.565. The van der Waals surface area contributed by atoms with E-state index >= 15 is 0 Å². The molecule has 0 aliphatic heterocycles. The van der Waals surface area contributed by atoms with Gasteiger partial charge in [0.15, 0.2) is 0 Å². The van der Waals surface area contributed by atoms with Gasteiger partial charge in [0, 0.05) is 9.52 Å². The average molecular weight is 166 g/mol. The van der Waals surface area contributed by atoms with Gasteiger partial charge in [-0.25, -0.2) is 0 Å². The third-order valence-corrected chi connectivity index (χ3v) is 4.14. The van der Waals surface area contributed by atoms with Gasteiger partial charge in [0.25, 0.3) is 0 Å². The van der Waals surface area contributed by atoms with Crippen LogP contribution in [0.15, 0.2) is 22.4 Å². The molecule has 0 radical (unpaired) electrons. The molecule has 0 N–H and O–H groups in total. The van der Waals surface area contributed by atoms with Gasteiger partial charge in [-0.3, -0.25) is 0 Å². The highest BCUT2D eigenvalue weighted by Gasteiger charge is 2.12. The highest BCUT2D eigenvalue weighted by Crippen LogP contribution is 2.29. The first-order valence-corrected chi connectivity index (χ1v) is 6.85. The Labute approximate surface area is 72.2 Å². The molecule has 0 aromatic rings. The Morgan fingerprint density at radius 3 is 2.55 bits per heavy atom. The molecule has 62 valence electrons. The standard InChI is InChI=1S/C10H18Si/c1-4-8-6-7-10(11-3)9(8)5-2/h6H,4-5,7,11H2,1-3H3. The maximum absolute atomic E-state index is 2.44. The van der Waals surface area contributed by atoms with E-state index in [2.05, 4.69) is 26.5 Å². The van der Waals surface area contributed by atoms with Gasteiger partial charge >= 0.3 is 0 Å². The number of hydrogen-bond acceptors (Lipinski definition) is 0. The smallest absolute Gasteiger partial charge is 0.0473 e. The van der Waals surface area contributed by atoms with Crippen molar-refractivity contribution in [2.24, 2.45) is 0 Å². The average Bonchev–Trinajstić information content (AvgIpc) is 2.45. The van der Waals surface area contributed by atoms with Crippen LogP contribution in [-0.2, 0) is 0 Å². The maximum Gasteiger partial charge on any atom is 0.0473 e. The van der Waals surface area contributed by atoms with Crippen LogP contribution in [0.2, 0.25) is 6.55 Å². The summed E-state index contributed by atoms with van der Waals surface area (Å²) in [6.07, 6.45) is 6.22. The van der Waals surface area contributed by atoms with Crippen molar-refractivity contribution < 1.29 is 0 Å². The SMILES string of the molecule is CCC1=CCC([SiH2]C)=C1CC. The minimum Gasteiger partial charge on any atom is -0.0811 e. The first-order chi connectivity index (χ1) is 5.33. The minimum absolute atomic E-state index is 0.118. The molecular formula is C10H18Si. The summed E-state index contributed by atoms with van der Waals surface area (Å²) in [5.41, 5.74) is 3.35. The lowest BCUT2D eigenvalue weighted by Gasteiger charge is -2.05. The number of rotatable bonds is 3. The Hall–Kier alpha value is -0.303. The van der Waals surface area contributed by atoms with Gasteiger partial charge in [-0.15, -0.1) is 0 Å². The molecule has 0 heterocycles. The topological polar surface area (TPSA) is 0 Å². The molecule has 0 fully saturated rings. The first kappa shape index (κ1) is 8.79. The molecule has 0 atom stereocenters. The van der Waals surface area contributed by atoms with Gasteiger partial charge in [0.1, 0.15) is 0 Å². The lowest BCUT2D eigenvalue weighted by atomic mass is 10.1. The van der Waals surface area contributed by atoms with Gasteiger partial charge in [-0.1, -0.05) is 37.2 Å². The molecule has 0 spiro atoms. The van der Waals surface area contributed by atoms with Crippen LogP contribution in [0.4, 0.5) is 0 Å². The normalized spacial score (nSPS) is 18.6. The van der Waals surface area contributed by atoms with E-state index in [0.29, 0.717) is 0 Å². The zero-order valence-corrected chi connectivity index (χ0v) is 9.32. The fourth-order valence-electron chi connectivity index (χ4n) is 1.91. The van der Waals surface area contributed by atoms with Crippen LogP contribution in [0.3, 0.4) is 0 Å². The van der Waals surface area contributed by atoms with Gasteiger partial charge < -0.3 is 0 Å². The first-order valence-electron chi connectivity index (χ1n) is 4.73. The summed E-state index contributed by atoms with van der Waals surface area (Å²) in [7, 11) is 0.118. The van der Waals surface area contributed by atoms with Crippen molar-refractivity contribution in [1.82, 2.24) is 0 Å². The van der Waals surface area contributed by atoms with Crippen molar-refractivity contribution in [3.8, 4) is 0 Å². The van der Waals surface area contributed by atoms with Crippen LogP contribution in [0.1, 0.15) is 33.1 Å². The Morgan fingerprint density at radius 1 is 1.36 bits per heavy atom. The highest BCUT2D eigenvalue weighted by atomic mass is 28.2. The molecule has 0 saturated carbocycles. The van der Waals surface area contributed by atoms with Crippen LogP contribution in [0.25, 0.3) is 0 Å². The summed E-state index contributed by atoms with van der Waals surface area (Å²) in [4.78, 5) is 0. The van der Waals surface area contributed by atoms with E-state index in [0.717, 1.165) is 0 Å². The zero-order chi connectivity index (χ0) is 8.27. The third-order valence-electron chi connectivity index (χ3n) is 2.57. The Morgan fingerprint density at radius 2 is 2.09 bits per heavy atom. The molecule has 11 heavy (non-hydrogen) atoms. The Bertz CT molecular complexity index is 199. The molecule has 0 unspecified atom stereocenters. The van der Waals surface area contributed by atoms with E-state index in [1.807, 2.05) is 5.20 Å². The van der Waals surface area contributed by atoms with Crippen molar-refractivity contribution in [3.05, 3.63) is 22.4 Å². The van der Waals surface area contributed by atoms with Crippen LogP contribution in [0, 0.1) is 0 Å². The summed E-state index contributed by atoms with van der Waals surface area (Å²) in [6, 6.07) is 0. The molecule has 0 amide bonds. The Balaban J connectivity index is 2.80. The van der Waals surface area contributed by atoms with E-state index in [9.17, 15) is 0 Å². The van der Waals surface area contributed by atoms with E-state index in [-0.39, 0.29) is 9.52 Å². The minimum atomic E-state index is 0.118. The number of hydrogen-bond donors (Lipinski definition) is 0. The lowest BCUT2D eigenvalue weighted by Crippen LogP contribution is -1.92. The van der Waals surface area contributed by atoms with Gasteiger partial charge in [0.05, 0.1) is 0 Å².